The number of nitrogens with zero attached hydrogens (tertiary/aromatic N) is 1. The number of amides is 1. The molecule has 1 amide bonds. The van der Waals surface area contributed by atoms with Crippen LogP contribution in [-0.2, 0) is 4.79 Å². The van der Waals surface area contributed by atoms with Gasteiger partial charge in [0.15, 0.2) is 0 Å². The van der Waals surface area contributed by atoms with Crippen LogP contribution in [0, 0.1) is 0 Å². The molecule has 12 heavy (non-hydrogen) atoms. The second kappa shape index (κ2) is 4.74. The lowest BCUT2D eigenvalue weighted by Gasteiger charge is -2.12. The standard InChI is InChI=1S/C8H15N3O/c9-7(12)4-6-11-8-3-1-2-5-10-8/h1-6H2,(H2,9,12)(H,10,11). The van der Waals surface area contributed by atoms with Gasteiger partial charge in [-0.15, -0.1) is 0 Å². The Kier molecular flexibility index (Phi) is 3.57. The van der Waals surface area contributed by atoms with Crippen molar-refractivity contribution in [3.8, 4) is 0 Å². The summed E-state index contributed by atoms with van der Waals surface area (Å²) in [5.41, 5.74) is 4.99. The number of carbonyl (C=O) groups is 1. The van der Waals surface area contributed by atoms with Gasteiger partial charge in [0.1, 0.15) is 0 Å². The molecule has 1 aliphatic heterocycles. The van der Waals surface area contributed by atoms with Gasteiger partial charge in [-0.2, -0.15) is 0 Å². The van der Waals surface area contributed by atoms with Gasteiger partial charge >= 0.3 is 0 Å². The second-order valence-electron chi connectivity index (χ2n) is 2.93. The zero-order chi connectivity index (χ0) is 8.81. The van der Waals surface area contributed by atoms with Crippen LogP contribution < -0.4 is 11.1 Å². The van der Waals surface area contributed by atoms with Crippen LogP contribution in [0.1, 0.15) is 25.7 Å². The highest BCUT2D eigenvalue weighted by Gasteiger charge is 2.03. The van der Waals surface area contributed by atoms with Crippen LogP contribution in [0.2, 0.25) is 0 Å². The molecule has 0 unspecified atom stereocenters. The van der Waals surface area contributed by atoms with E-state index in [1.165, 1.54) is 12.8 Å². The van der Waals surface area contributed by atoms with Gasteiger partial charge < -0.3 is 11.1 Å². The molecular formula is C8H15N3O. The first-order chi connectivity index (χ1) is 5.79. The maximum absolute atomic E-state index is 10.4. The third kappa shape index (κ3) is 3.37. The van der Waals surface area contributed by atoms with E-state index in [0.29, 0.717) is 13.0 Å². The molecule has 3 N–H and O–H groups in total. The van der Waals surface area contributed by atoms with E-state index in [1.54, 1.807) is 0 Å². The Hall–Kier alpha value is -1.06. The predicted octanol–water partition coefficient (Wildman–Crippen LogP) is 0.0338. The molecule has 4 nitrogen and oxygen atoms in total. The zero-order valence-corrected chi connectivity index (χ0v) is 7.18. The Labute approximate surface area is 72.2 Å². The van der Waals surface area contributed by atoms with E-state index in [0.717, 1.165) is 18.8 Å². The summed E-state index contributed by atoms with van der Waals surface area (Å²) in [4.78, 5) is 14.7. The fraction of sp³-hybridized carbons (Fsp3) is 0.750. The Morgan fingerprint density at radius 2 is 2.42 bits per heavy atom. The van der Waals surface area contributed by atoms with Crippen LogP contribution >= 0.6 is 0 Å². The van der Waals surface area contributed by atoms with Crippen molar-refractivity contribution in [2.75, 3.05) is 13.1 Å². The number of nitrogens with two attached hydrogens (primary N) is 1. The van der Waals surface area contributed by atoms with Crippen molar-refractivity contribution in [2.45, 2.75) is 25.7 Å². The van der Waals surface area contributed by atoms with Crippen LogP contribution in [0.3, 0.4) is 0 Å². The average molecular weight is 169 g/mol. The number of hydrogen-bond donors (Lipinski definition) is 2. The largest absolute Gasteiger partial charge is 0.373 e. The Bertz CT molecular complexity index is 189. The molecule has 0 spiro atoms. The van der Waals surface area contributed by atoms with Gasteiger partial charge in [0.25, 0.3) is 0 Å². The number of amidine groups is 1. The number of carbonyl (C=O) groups excluding carboxylic acids is 1. The second-order valence-corrected chi connectivity index (χ2v) is 2.93. The Morgan fingerprint density at radius 1 is 1.58 bits per heavy atom. The molecule has 0 aliphatic carbocycles. The maximum atomic E-state index is 10.4. The maximum Gasteiger partial charge on any atom is 0.219 e. The van der Waals surface area contributed by atoms with Gasteiger partial charge in [0.05, 0.1) is 5.84 Å². The van der Waals surface area contributed by atoms with Gasteiger partial charge in [0.2, 0.25) is 5.91 Å². The quantitative estimate of drug-likeness (QED) is 0.626. The van der Waals surface area contributed by atoms with Crippen molar-refractivity contribution < 1.29 is 4.79 Å². The summed E-state index contributed by atoms with van der Waals surface area (Å²) in [6.45, 7) is 1.53. The molecule has 0 saturated heterocycles. The minimum Gasteiger partial charge on any atom is -0.373 e. The third-order valence-corrected chi connectivity index (χ3v) is 1.82. The third-order valence-electron chi connectivity index (χ3n) is 1.82. The van der Waals surface area contributed by atoms with E-state index in [1.807, 2.05) is 0 Å². The van der Waals surface area contributed by atoms with Gasteiger partial charge in [-0.1, -0.05) is 0 Å². The van der Waals surface area contributed by atoms with Gasteiger partial charge in [-0.25, -0.2) is 0 Å². The minimum atomic E-state index is -0.265. The summed E-state index contributed by atoms with van der Waals surface area (Å²) in [6, 6.07) is 0. The summed E-state index contributed by atoms with van der Waals surface area (Å²) < 4.78 is 0. The van der Waals surface area contributed by atoms with E-state index in [9.17, 15) is 4.79 Å². The van der Waals surface area contributed by atoms with Crippen molar-refractivity contribution in [2.24, 2.45) is 10.7 Å². The van der Waals surface area contributed by atoms with Crippen LogP contribution in [-0.4, -0.2) is 24.8 Å². The number of primary amides is 1. The molecule has 0 radical (unpaired) electrons. The van der Waals surface area contributed by atoms with E-state index >= 15 is 0 Å². The molecular weight excluding hydrogens is 154 g/mol. The molecule has 1 rings (SSSR count). The molecule has 0 atom stereocenters. The smallest absolute Gasteiger partial charge is 0.219 e. The summed E-state index contributed by atoms with van der Waals surface area (Å²) in [7, 11) is 0. The van der Waals surface area contributed by atoms with E-state index < -0.39 is 0 Å². The van der Waals surface area contributed by atoms with Crippen molar-refractivity contribution in [3.63, 3.8) is 0 Å². The van der Waals surface area contributed by atoms with Crippen molar-refractivity contribution in [1.82, 2.24) is 5.32 Å². The highest BCUT2D eigenvalue weighted by atomic mass is 16.1. The van der Waals surface area contributed by atoms with Crippen LogP contribution in [0.25, 0.3) is 0 Å². The summed E-state index contributed by atoms with van der Waals surface area (Å²) in [5.74, 6) is 0.765. The molecule has 4 heteroatoms. The van der Waals surface area contributed by atoms with E-state index in [4.69, 9.17) is 5.73 Å². The monoisotopic (exact) mass is 169 g/mol. The lowest BCUT2D eigenvalue weighted by Crippen LogP contribution is -2.29. The SMILES string of the molecule is NC(=O)CCNC1=NCCCC1. The topological polar surface area (TPSA) is 67.5 Å². The predicted molar refractivity (Wildman–Crippen MR) is 48.0 cm³/mol. The van der Waals surface area contributed by atoms with Crippen molar-refractivity contribution in [1.29, 1.82) is 0 Å². The van der Waals surface area contributed by atoms with Gasteiger partial charge in [0, 0.05) is 25.9 Å². The van der Waals surface area contributed by atoms with Crippen molar-refractivity contribution >= 4 is 11.7 Å². The van der Waals surface area contributed by atoms with Gasteiger partial charge in [-0.05, 0) is 12.8 Å². The number of aliphatic imine (C=N–C) groups is 1. The first-order valence-corrected chi connectivity index (χ1v) is 4.34. The summed E-state index contributed by atoms with van der Waals surface area (Å²) >= 11 is 0. The highest BCUT2D eigenvalue weighted by Crippen LogP contribution is 2.03. The minimum absolute atomic E-state index is 0.265. The lowest BCUT2D eigenvalue weighted by molar-refractivity contribution is -0.117. The fourth-order valence-electron chi connectivity index (χ4n) is 1.17. The highest BCUT2D eigenvalue weighted by molar-refractivity contribution is 5.83. The zero-order valence-electron chi connectivity index (χ0n) is 7.18. The fourth-order valence-corrected chi connectivity index (χ4v) is 1.17. The number of rotatable bonds is 3. The summed E-state index contributed by atoms with van der Waals surface area (Å²) in [5, 5.41) is 3.10. The molecule has 0 aromatic carbocycles. The first kappa shape index (κ1) is 9.03. The van der Waals surface area contributed by atoms with Crippen molar-refractivity contribution in [3.05, 3.63) is 0 Å². The molecule has 1 heterocycles. The lowest BCUT2D eigenvalue weighted by atomic mass is 10.2. The molecule has 0 fully saturated rings. The Balaban J connectivity index is 2.13. The normalized spacial score (nSPS) is 16.8. The average Bonchev–Trinajstić information content (AvgIpc) is 2.05. The first-order valence-electron chi connectivity index (χ1n) is 4.34. The van der Waals surface area contributed by atoms with E-state index in [-0.39, 0.29) is 5.91 Å². The number of nitrogens with one attached hydrogen (secondary N) is 1. The van der Waals surface area contributed by atoms with Gasteiger partial charge in [-0.3, -0.25) is 9.79 Å². The molecule has 0 aromatic rings. The Morgan fingerprint density at radius 3 is 3.00 bits per heavy atom. The number of hydrogen-bond acceptors (Lipinski definition) is 3. The molecule has 0 saturated carbocycles. The summed E-state index contributed by atoms with van der Waals surface area (Å²) in [6.07, 6.45) is 3.78. The van der Waals surface area contributed by atoms with Crippen LogP contribution in [0.5, 0.6) is 0 Å². The molecule has 0 bridgehead atoms. The molecule has 0 aromatic heterocycles. The van der Waals surface area contributed by atoms with E-state index in [2.05, 4.69) is 10.3 Å². The molecule has 68 valence electrons. The molecule has 1 aliphatic rings. The van der Waals surface area contributed by atoms with Crippen LogP contribution in [0.4, 0.5) is 0 Å². The van der Waals surface area contributed by atoms with Crippen LogP contribution in [0.15, 0.2) is 4.99 Å².